The highest BCUT2D eigenvalue weighted by Gasteiger charge is 2.29. The lowest BCUT2D eigenvalue weighted by Crippen LogP contribution is -2.49. The maximum Gasteiger partial charge on any atom is 0.245 e. The smallest absolute Gasteiger partial charge is 0.225 e. The Bertz CT molecular complexity index is 488. The molecule has 2 rings (SSSR count). The SMILES string of the molecule is CC(C)(C)n1c[n+](C(C)(C)C)c2ccccc21. The van der Waals surface area contributed by atoms with Crippen molar-refractivity contribution in [3.8, 4) is 0 Å². The molecule has 0 saturated heterocycles. The van der Waals surface area contributed by atoms with Crippen molar-refractivity contribution >= 4 is 11.0 Å². The fourth-order valence-electron chi connectivity index (χ4n) is 2.18. The zero-order valence-electron chi connectivity index (χ0n) is 11.8. The van der Waals surface area contributed by atoms with E-state index in [1.165, 1.54) is 11.0 Å². The Morgan fingerprint density at radius 3 is 2.06 bits per heavy atom. The molecule has 0 bridgehead atoms. The summed E-state index contributed by atoms with van der Waals surface area (Å²) in [6, 6.07) is 8.61. The summed E-state index contributed by atoms with van der Waals surface area (Å²) in [6.45, 7) is 13.5. The van der Waals surface area contributed by atoms with Crippen LogP contribution in [0.1, 0.15) is 41.5 Å². The average molecular weight is 231 g/mol. The van der Waals surface area contributed by atoms with Gasteiger partial charge in [-0.05, 0) is 53.7 Å². The highest BCUT2D eigenvalue weighted by atomic mass is 15.2. The van der Waals surface area contributed by atoms with Gasteiger partial charge in [-0.2, -0.15) is 0 Å². The third-order valence-corrected chi connectivity index (χ3v) is 3.08. The molecular weight excluding hydrogens is 208 g/mol. The van der Waals surface area contributed by atoms with Crippen molar-refractivity contribution in [2.45, 2.75) is 52.6 Å². The molecule has 17 heavy (non-hydrogen) atoms. The van der Waals surface area contributed by atoms with Crippen LogP contribution < -0.4 is 4.57 Å². The van der Waals surface area contributed by atoms with Gasteiger partial charge in [0, 0.05) is 0 Å². The Morgan fingerprint density at radius 1 is 0.941 bits per heavy atom. The van der Waals surface area contributed by atoms with E-state index in [4.69, 9.17) is 0 Å². The number of aromatic nitrogens is 2. The van der Waals surface area contributed by atoms with Gasteiger partial charge in [-0.3, -0.25) is 0 Å². The third kappa shape index (κ3) is 2.08. The Kier molecular flexibility index (Phi) is 2.57. The average Bonchev–Trinajstić information content (AvgIpc) is 2.55. The quantitative estimate of drug-likeness (QED) is 0.614. The molecule has 2 aromatic rings. The molecule has 1 heterocycles. The maximum atomic E-state index is 2.35. The van der Waals surface area contributed by atoms with Gasteiger partial charge in [0.25, 0.3) is 0 Å². The Hall–Kier alpha value is -1.31. The molecule has 0 unspecified atom stereocenters. The van der Waals surface area contributed by atoms with Crippen molar-refractivity contribution in [3.63, 3.8) is 0 Å². The van der Waals surface area contributed by atoms with E-state index in [0.29, 0.717) is 0 Å². The molecule has 0 spiro atoms. The first kappa shape index (κ1) is 12.2. The van der Waals surface area contributed by atoms with Crippen molar-refractivity contribution < 1.29 is 4.57 Å². The van der Waals surface area contributed by atoms with Gasteiger partial charge in [0.05, 0.1) is 0 Å². The Labute approximate surface area is 104 Å². The fraction of sp³-hybridized carbons (Fsp3) is 0.533. The summed E-state index contributed by atoms with van der Waals surface area (Å²) >= 11 is 0. The molecule has 92 valence electrons. The van der Waals surface area contributed by atoms with E-state index < -0.39 is 0 Å². The van der Waals surface area contributed by atoms with Crippen LogP contribution in [0.5, 0.6) is 0 Å². The van der Waals surface area contributed by atoms with Gasteiger partial charge in [-0.25, -0.2) is 9.13 Å². The van der Waals surface area contributed by atoms with Crippen LogP contribution in [0, 0.1) is 0 Å². The van der Waals surface area contributed by atoms with E-state index in [1.807, 2.05) is 0 Å². The molecule has 0 atom stereocenters. The molecule has 0 amide bonds. The highest BCUT2D eigenvalue weighted by molar-refractivity contribution is 5.72. The van der Waals surface area contributed by atoms with Gasteiger partial charge >= 0.3 is 0 Å². The second-order valence-electron chi connectivity index (χ2n) is 6.69. The van der Waals surface area contributed by atoms with Crippen molar-refractivity contribution in [2.75, 3.05) is 0 Å². The molecule has 0 aliphatic rings. The standard InChI is InChI=1S/C15H23N2/c1-14(2,3)16-11-17(15(4,5)6)13-10-8-7-9-12(13)16/h7-11H,1-6H3/q+1. The molecule has 0 radical (unpaired) electrons. The van der Waals surface area contributed by atoms with Gasteiger partial charge in [-0.15, -0.1) is 0 Å². The van der Waals surface area contributed by atoms with E-state index in [2.05, 4.69) is 81.3 Å². The van der Waals surface area contributed by atoms with E-state index in [1.54, 1.807) is 0 Å². The number of hydrogen-bond donors (Lipinski definition) is 0. The van der Waals surface area contributed by atoms with Gasteiger partial charge in [0.15, 0.2) is 11.0 Å². The number of fused-ring (bicyclic) bond motifs is 1. The van der Waals surface area contributed by atoms with Crippen LogP contribution in [0.25, 0.3) is 11.0 Å². The summed E-state index contributed by atoms with van der Waals surface area (Å²) < 4.78 is 4.71. The van der Waals surface area contributed by atoms with E-state index in [9.17, 15) is 0 Å². The lowest BCUT2D eigenvalue weighted by atomic mass is 10.1. The molecule has 0 fully saturated rings. The summed E-state index contributed by atoms with van der Waals surface area (Å²) in [5.74, 6) is 0. The van der Waals surface area contributed by atoms with Crippen LogP contribution in [-0.4, -0.2) is 4.57 Å². The molecule has 0 aliphatic heterocycles. The number of imidazole rings is 1. The molecule has 1 aromatic carbocycles. The second-order valence-corrected chi connectivity index (χ2v) is 6.69. The Morgan fingerprint density at radius 2 is 1.53 bits per heavy atom. The Balaban J connectivity index is 2.81. The molecule has 0 saturated carbocycles. The predicted octanol–water partition coefficient (Wildman–Crippen LogP) is 3.44. The minimum absolute atomic E-state index is 0.107. The van der Waals surface area contributed by atoms with E-state index >= 15 is 0 Å². The molecule has 0 N–H and O–H groups in total. The maximum absolute atomic E-state index is 2.35. The normalized spacial score (nSPS) is 13.3. The molecular formula is C15H23N2+. The van der Waals surface area contributed by atoms with Crippen LogP contribution in [0.15, 0.2) is 30.6 Å². The van der Waals surface area contributed by atoms with Crippen LogP contribution in [0.3, 0.4) is 0 Å². The van der Waals surface area contributed by atoms with Crippen molar-refractivity contribution in [1.82, 2.24) is 4.57 Å². The molecule has 2 nitrogen and oxygen atoms in total. The number of rotatable bonds is 0. The van der Waals surface area contributed by atoms with Gasteiger partial charge in [-0.1, -0.05) is 12.1 Å². The third-order valence-electron chi connectivity index (χ3n) is 3.08. The topological polar surface area (TPSA) is 8.81 Å². The summed E-state index contributed by atoms with van der Waals surface area (Å²) in [6.07, 6.45) is 2.24. The molecule has 0 aliphatic carbocycles. The number of hydrogen-bond acceptors (Lipinski definition) is 0. The van der Waals surface area contributed by atoms with Gasteiger partial charge < -0.3 is 0 Å². The fourth-order valence-corrected chi connectivity index (χ4v) is 2.18. The van der Waals surface area contributed by atoms with Gasteiger partial charge in [0.2, 0.25) is 6.33 Å². The van der Waals surface area contributed by atoms with Crippen molar-refractivity contribution in [1.29, 1.82) is 0 Å². The lowest BCUT2D eigenvalue weighted by molar-refractivity contribution is -0.731. The minimum Gasteiger partial charge on any atom is -0.225 e. The van der Waals surface area contributed by atoms with Crippen LogP contribution in [0.2, 0.25) is 0 Å². The first-order valence-electron chi connectivity index (χ1n) is 6.24. The van der Waals surface area contributed by atoms with Gasteiger partial charge in [0.1, 0.15) is 11.1 Å². The second kappa shape index (κ2) is 3.59. The van der Waals surface area contributed by atoms with E-state index in [0.717, 1.165) is 0 Å². The first-order valence-corrected chi connectivity index (χ1v) is 6.24. The zero-order valence-corrected chi connectivity index (χ0v) is 11.8. The van der Waals surface area contributed by atoms with Crippen molar-refractivity contribution in [3.05, 3.63) is 30.6 Å². The minimum atomic E-state index is 0.107. The summed E-state index contributed by atoms with van der Waals surface area (Å²) in [7, 11) is 0. The highest BCUT2D eigenvalue weighted by Crippen LogP contribution is 2.22. The van der Waals surface area contributed by atoms with Crippen LogP contribution in [0.4, 0.5) is 0 Å². The van der Waals surface area contributed by atoms with E-state index in [-0.39, 0.29) is 11.1 Å². The summed E-state index contributed by atoms with van der Waals surface area (Å²) in [5.41, 5.74) is 2.82. The van der Waals surface area contributed by atoms with Crippen LogP contribution in [-0.2, 0) is 11.1 Å². The molecule has 1 aromatic heterocycles. The monoisotopic (exact) mass is 231 g/mol. The largest absolute Gasteiger partial charge is 0.245 e. The number of nitrogens with zero attached hydrogens (tertiary/aromatic N) is 2. The predicted molar refractivity (Wildman–Crippen MR) is 72.1 cm³/mol. The molecule has 2 heteroatoms. The zero-order chi connectivity index (χ0) is 12.8. The lowest BCUT2D eigenvalue weighted by Gasteiger charge is -2.16. The number of para-hydroxylation sites is 2. The first-order chi connectivity index (χ1) is 7.71. The van der Waals surface area contributed by atoms with Crippen LogP contribution >= 0.6 is 0 Å². The summed E-state index contributed by atoms with van der Waals surface area (Å²) in [5, 5.41) is 0. The van der Waals surface area contributed by atoms with Crippen molar-refractivity contribution in [2.24, 2.45) is 0 Å². The summed E-state index contributed by atoms with van der Waals surface area (Å²) in [4.78, 5) is 0. The number of benzene rings is 1.